The lowest BCUT2D eigenvalue weighted by molar-refractivity contribution is -0.149. The Hall–Kier alpha value is -1.56. The number of amides is 1. The third-order valence-corrected chi connectivity index (χ3v) is 4.12. The highest BCUT2D eigenvalue weighted by Gasteiger charge is 2.39. The maximum absolute atomic E-state index is 11.8. The summed E-state index contributed by atoms with van der Waals surface area (Å²) >= 11 is 1.53. The SMILES string of the molecule is CCCC(CNC(=O)OC(C)(C)C)(Cc1cccs1)C(=O)O. The van der Waals surface area contributed by atoms with E-state index in [1.807, 2.05) is 24.4 Å². The van der Waals surface area contributed by atoms with E-state index < -0.39 is 23.1 Å². The molecule has 1 heterocycles. The van der Waals surface area contributed by atoms with E-state index in [4.69, 9.17) is 4.74 Å². The summed E-state index contributed by atoms with van der Waals surface area (Å²) in [6.45, 7) is 7.32. The van der Waals surface area contributed by atoms with E-state index in [1.54, 1.807) is 20.8 Å². The fraction of sp³-hybridized carbons (Fsp3) is 0.625. The standard InChI is InChI=1S/C16H25NO4S/c1-5-8-16(13(18)19,10-12-7-6-9-22-12)11-17-14(20)21-15(2,3)4/h6-7,9H,5,8,10-11H2,1-4H3,(H,17,20)(H,18,19). The zero-order valence-electron chi connectivity index (χ0n) is 13.6. The molecule has 1 rings (SSSR count). The third kappa shape index (κ3) is 5.67. The van der Waals surface area contributed by atoms with Crippen molar-refractivity contribution in [1.29, 1.82) is 0 Å². The van der Waals surface area contributed by atoms with Crippen LogP contribution in [0.1, 0.15) is 45.4 Å². The van der Waals surface area contributed by atoms with Crippen molar-refractivity contribution in [2.75, 3.05) is 6.54 Å². The number of rotatable bonds is 7. The van der Waals surface area contributed by atoms with Crippen LogP contribution in [0.3, 0.4) is 0 Å². The highest BCUT2D eigenvalue weighted by atomic mass is 32.1. The summed E-state index contributed by atoms with van der Waals surface area (Å²) in [4.78, 5) is 24.7. The number of carbonyl (C=O) groups excluding carboxylic acids is 1. The van der Waals surface area contributed by atoms with Gasteiger partial charge in [0.25, 0.3) is 0 Å². The van der Waals surface area contributed by atoms with Gasteiger partial charge in [0.1, 0.15) is 5.60 Å². The minimum atomic E-state index is -1.00. The lowest BCUT2D eigenvalue weighted by Gasteiger charge is -2.29. The number of alkyl carbamates (subject to hydrolysis) is 1. The van der Waals surface area contributed by atoms with Gasteiger partial charge in [0, 0.05) is 11.4 Å². The van der Waals surface area contributed by atoms with Crippen molar-refractivity contribution in [3.05, 3.63) is 22.4 Å². The first-order chi connectivity index (χ1) is 10.2. The molecule has 124 valence electrons. The first-order valence-electron chi connectivity index (χ1n) is 7.41. The Balaban J connectivity index is 2.81. The molecular weight excluding hydrogens is 302 g/mol. The molecule has 0 aliphatic heterocycles. The molecule has 22 heavy (non-hydrogen) atoms. The van der Waals surface area contributed by atoms with Crippen molar-refractivity contribution in [3.8, 4) is 0 Å². The summed E-state index contributed by atoms with van der Waals surface area (Å²) in [5.74, 6) is -0.890. The molecule has 0 aliphatic carbocycles. The van der Waals surface area contributed by atoms with Gasteiger partial charge in [0.2, 0.25) is 0 Å². The van der Waals surface area contributed by atoms with Crippen molar-refractivity contribution >= 4 is 23.4 Å². The maximum Gasteiger partial charge on any atom is 0.407 e. The van der Waals surface area contributed by atoms with Crippen LogP contribution in [0, 0.1) is 5.41 Å². The Morgan fingerprint density at radius 3 is 2.50 bits per heavy atom. The second-order valence-electron chi connectivity index (χ2n) is 6.45. The molecule has 0 saturated heterocycles. The Morgan fingerprint density at radius 2 is 2.05 bits per heavy atom. The number of aliphatic carboxylic acids is 1. The molecule has 0 bridgehead atoms. The van der Waals surface area contributed by atoms with Gasteiger partial charge in [0.05, 0.1) is 5.41 Å². The fourth-order valence-corrected chi connectivity index (χ4v) is 3.13. The van der Waals surface area contributed by atoms with Crippen molar-refractivity contribution in [2.24, 2.45) is 5.41 Å². The van der Waals surface area contributed by atoms with Gasteiger partial charge < -0.3 is 15.2 Å². The van der Waals surface area contributed by atoms with Gasteiger partial charge in [-0.15, -0.1) is 11.3 Å². The van der Waals surface area contributed by atoms with Crippen LogP contribution in [0.2, 0.25) is 0 Å². The molecule has 5 nitrogen and oxygen atoms in total. The normalized spacial score (nSPS) is 14.2. The number of thiophene rings is 1. The summed E-state index contributed by atoms with van der Waals surface area (Å²) in [6.07, 6.45) is 1.05. The summed E-state index contributed by atoms with van der Waals surface area (Å²) < 4.78 is 5.19. The van der Waals surface area contributed by atoms with Crippen LogP contribution in [0.4, 0.5) is 4.79 Å². The minimum Gasteiger partial charge on any atom is -0.481 e. The molecule has 1 unspecified atom stereocenters. The van der Waals surface area contributed by atoms with Crippen LogP contribution in [-0.2, 0) is 16.0 Å². The van der Waals surface area contributed by atoms with Crippen LogP contribution in [0.15, 0.2) is 17.5 Å². The first-order valence-corrected chi connectivity index (χ1v) is 8.29. The van der Waals surface area contributed by atoms with E-state index in [2.05, 4.69) is 5.32 Å². The molecule has 0 saturated carbocycles. The molecule has 1 aromatic rings. The van der Waals surface area contributed by atoms with Gasteiger partial charge in [-0.25, -0.2) is 4.79 Å². The molecule has 1 aromatic heterocycles. The summed E-state index contributed by atoms with van der Waals surface area (Å²) in [5.41, 5.74) is -1.61. The smallest absolute Gasteiger partial charge is 0.407 e. The molecule has 2 N–H and O–H groups in total. The van der Waals surface area contributed by atoms with E-state index in [-0.39, 0.29) is 6.54 Å². The van der Waals surface area contributed by atoms with E-state index in [0.29, 0.717) is 12.8 Å². The van der Waals surface area contributed by atoms with Crippen LogP contribution < -0.4 is 5.32 Å². The van der Waals surface area contributed by atoms with Gasteiger partial charge in [-0.3, -0.25) is 4.79 Å². The average Bonchev–Trinajstić information content (AvgIpc) is 2.86. The Labute approximate surface area is 135 Å². The summed E-state index contributed by atoms with van der Waals surface area (Å²) in [6, 6.07) is 3.82. The highest BCUT2D eigenvalue weighted by Crippen LogP contribution is 2.30. The second kappa shape index (κ2) is 7.63. The quantitative estimate of drug-likeness (QED) is 0.801. The number of carboxylic acid groups (broad SMARTS) is 1. The topological polar surface area (TPSA) is 75.6 Å². The van der Waals surface area contributed by atoms with E-state index in [0.717, 1.165) is 11.3 Å². The summed E-state index contributed by atoms with van der Waals surface area (Å²) in [7, 11) is 0. The Bertz CT molecular complexity index is 493. The predicted molar refractivity (Wildman–Crippen MR) is 87.2 cm³/mol. The molecule has 1 atom stereocenters. The van der Waals surface area contributed by atoms with Gasteiger partial charge in [-0.2, -0.15) is 0 Å². The molecule has 1 amide bonds. The van der Waals surface area contributed by atoms with Gasteiger partial charge >= 0.3 is 12.1 Å². The number of carbonyl (C=O) groups is 2. The monoisotopic (exact) mass is 327 g/mol. The zero-order valence-corrected chi connectivity index (χ0v) is 14.5. The molecule has 6 heteroatoms. The van der Waals surface area contributed by atoms with Crippen LogP contribution in [0.25, 0.3) is 0 Å². The van der Waals surface area contributed by atoms with Crippen LogP contribution in [-0.4, -0.2) is 29.3 Å². The van der Waals surface area contributed by atoms with Gasteiger partial charge in [-0.1, -0.05) is 19.4 Å². The molecule has 0 spiro atoms. The van der Waals surface area contributed by atoms with Gasteiger partial charge in [-0.05, 0) is 45.1 Å². The van der Waals surface area contributed by atoms with Crippen LogP contribution in [0.5, 0.6) is 0 Å². The van der Waals surface area contributed by atoms with E-state index in [1.165, 1.54) is 11.3 Å². The Morgan fingerprint density at radius 1 is 1.36 bits per heavy atom. The number of hydrogen-bond donors (Lipinski definition) is 2. The summed E-state index contributed by atoms with van der Waals surface area (Å²) in [5, 5.41) is 14.3. The highest BCUT2D eigenvalue weighted by molar-refractivity contribution is 7.09. The number of hydrogen-bond acceptors (Lipinski definition) is 4. The lowest BCUT2D eigenvalue weighted by Crippen LogP contribution is -2.45. The van der Waals surface area contributed by atoms with E-state index >= 15 is 0 Å². The zero-order chi connectivity index (χ0) is 16.8. The third-order valence-electron chi connectivity index (χ3n) is 3.24. The molecular formula is C16H25NO4S. The van der Waals surface area contributed by atoms with Crippen molar-refractivity contribution in [2.45, 2.75) is 52.6 Å². The predicted octanol–water partition coefficient (Wildman–Crippen LogP) is 3.69. The van der Waals surface area contributed by atoms with E-state index in [9.17, 15) is 14.7 Å². The Kier molecular flexibility index (Phi) is 6.41. The fourth-order valence-electron chi connectivity index (χ4n) is 2.28. The maximum atomic E-state index is 11.8. The van der Waals surface area contributed by atoms with Crippen molar-refractivity contribution in [1.82, 2.24) is 5.32 Å². The van der Waals surface area contributed by atoms with Crippen LogP contribution >= 0.6 is 11.3 Å². The molecule has 0 aromatic carbocycles. The van der Waals surface area contributed by atoms with Gasteiger partial charge in [0.15, 0.2) is 0 Å². The number of carboxylic acids is 1. The second-order valence-corrected chi connectivity index (χ2v) is 7.48. The number of ether oxygens (including phenoxy) is 1. The molecule has 0 fully saturated rings. The van der Waals surface area contributed by atoms with Crippen molar-refractivity contribution < 1.29 is 19.4 Å². The van der Waals surface area contributed by atoms with Crippen molar-refractivity contribution in [3.63, 3.8) is 0 Å². The average molecular weight is 327 g/mol. The molecule has 0 radical (unpaired) electrons. The first kappa shape index (κ1) is 18.5. The number of nitrogens with one attached hydrogen (secondary N) is 1. The molecule has 0 aliphatic rings. The minimum absolute atomic E-state index is 0.0585. The largest absolute Gasteiger partial charge is 0.481 e. The lowest BCUT2D eigenvalue weighted by atomic mass is 9.79.